The van der Waals surface area contributed by atoms with Gasteiger partial charge in [0.25, 0.3) is 0 Å². The first kappa shape index (κ1) is 20.1. The first-order chi connectivity index (χ1) is 15.7. The Labute approximate surface area is 187 Å². The minimum absolute atomic E-state index is 0.704. The Kier molecular flexibility index (Phi) is 5.50. The molecule has 32 heavy (non-hydrogen) atoms. The summed E-state index contributed by atoms with van der Waals surface area (Å²) >= 11 is 0. The summed E-state index contributed by atoms with van der Waals surface area (Å²) < 4.78 is 0. The van der Waals surface area contributed by atoms with Crippen LogP contribution in [0.5, 0.6) is 0 Å². The van der Waals surface area contributed by atoms with Gasteiger partial charge in [-0.3, -0.25) is 4.90 Å². The summed E-state index contributed by atoms with van der Waals surface area (Å²) in [5, 5.41) is 20.7. The number of fused-ring (bicyclic) bond motifs is 2. The highest BCUT2D eigenvalue weighted by atomic mass is 15.1. The third kappa shape index (κ3) is 3.91. The molecule has 3 heterocycles. The molecule has 0 spiro atoms. The maximum atomic E-state index is 9.21. The highest BCUT2D eigenvalue weighted by Crippen LogP contribution is 2.30. The number of aromatic nitrogens is 2. The molecule has 1 aliphatic rings. The predicted molar refractivity (Wildman–Crippen MR) is 128 cm³/mol. The third-order valence-electron chi connectivity index (χ3n) is 6.52. The van der Waals surface area contributed by atoms with Gasteiger partial charge in [-0.1, -0.05) is 6.08 Å². The van der Waals surface area contributed by atoms with Crippen LogP contribution in [0.3, 0.4) is 0 Å². The highest BCUT2D eigenvalue weighted by Gasteiger charge is 2.16. The second-order valence-corrected chi connectivity index (χ2v) is 8.50. The summed E-state index contributed by atoms with van der Waals surface area (Å²) in [6.07, 6.45) is 10.9. The second kappa shape index (κ2) is 8.75. The fourth-order valence-electron chi connectivity index (χ4n) is 4.72. The van der Waals surface area contributed by atoms with Crippen molar-refractivity contribution in [1.29, 1.82) is 10.5 Å². The SMILES string of the molecule is N#Cc1ccc2[nH]cc(CCCCN3CC=C(c4c[nH]c5ccc(C#N)cc45)CC3)c2c1. The van der Waals surface area contributed by atoms with Gasteiger partial charge in [-0.25, -0.2) is 0 Å². The second-order valence-electron chi connectivity index (χ2n) is 8.50. The van der Waals surface area contributed by atoms with E-state index in [2.05, 4.69) is 45.5 Å². The number of H-pyrrole nitrogens is 2. The Balaban J connectivity index is 1.17. The topological polar surface area (TPSA) is 82.4 Å². The minimum atomic E-state index is 0.704. The molecule has 0 radical (unpaired) electrons. The quantitative estimate of drug-likeness (QED) is 0.405. The van der Waals surface area contributed by atoms with Gasteiger partial charge in [-0.15, -0.1) is 0 Å². The summed E-state index contributed by atoms with van der Waals surface area (Å²) in [4.78, 5) is 9.17. The van der Waals surface area contributed by atoms with Gasteiger partial charge in [0.15, 0.2) is 0 Å². The predicted octanol–water partition coefficient (Wildman–Crippen LogP) is 5.50. The highest BCUT2D eigenvalue weighted by molar-refractivity contribution is 5.93. The third-order valence-corrected chi connectivity index (χ3v) is 6.52. The lowest BCUT2D eigenvalue weighted by Gasteiger charge is -2.26. The van der Waals surface area contributed by atoms with Gasteiger partial charge in [0, 0.05) is 52.9 Å². The van der Waals surface area contributed by atoms with Crippen molar-refractivity contribution in [3.05, 3.63) is 77.1 Å². The van der Waals surface area contributed by atoms with E-state index in [1.165, 1.54) is 22.1 Å². The Bertz CT molecular complexity index is 1390. The van der Waals surface area contributed by atoms with Gasteiger partial charge in [0.2, 0.25) is 0 Å². The number of hydrogen-bond acceptors (Lipinski definition) is 3. The lowest BCUT2D eigenvalue weighted by molar-refractivity contribution is 0.295. The lowest BCUT2D eigenvalue weighted by atomic mass is 9.98. The molecule has 5 nitrogen and oxygen atoms in total. The van der Waals surface area contributed by atoms with Crippen LogP contribution in [-0.4, -0.2) is 34.5 Å². The maximum absolute atomic E-state index is 9.21. The Morgan fingerprint density at radius 2 is 1.59 bits per heavy atom. The maximum Gasteiger partial charge on any atom is 0.0991 e. The molecular formula is C27H25N5. The van der Waals surface area contributed by atoms with E-state index in [1.54, 1.807) is 0 Å². The molecule has 0 fully saturated rings. The largest absolute Gasteiger partial charge is 0.361 e. The molecule has 0 saturated carbocycles. The number of nitriles is 2. The molecule has 5 rings (SSSR count). The molecule has 0 amide bonds. The normalized spacial score (nSPS) is 14.4. The van der Waals surface area contributed by atoms with Crippen LogP contribution in [-0.2, 0) is 6.42 Å². The van der Waals surface area contributed by atoms with Gasteiger partial charge < -0.3 is 9.97 Å². The van der Waals surface area contributed by atoms with Gasteiger partial charge in [-0.05, 0) is 79.8 Å². The summed E-state index contributed by atoms with van der Waals surface area (Å²) in [5.74, 6) is 0. The van der Waals surface area contributed by atoms with Crippen LogP contribution in [0.4, 0.5) is 0 Å². The number of aromatic amines is 2. The Hall–Kier alpha value is -3.80. The number of unbranched alkanes of at least 4 members (excludes halogenated alkanes) is 1. The molecule has 2 aromatic heterocycles. The summed E-state index contributed by atoms with van der Waals surface area (Å²) in [5.41, 5.74) is 7.51. The van der Waals surface area contributed by atoms with Crippen molar-refractivity contribution >= 4 is 27.4 Å². The van der Waals surface area contributed by atoms with E-state index in [9.17, 15) is 5.26 Å². The standard InChI is InChI=1S/C27H25N5/c28-15-19-4-6-26-23(13-19)22(17-30-26)3-1-2-10-32-11-8-21(9-12-32)25-18-31-27-7-5-20(16-29)14-24(25)27/h4-8,13-14,17-18,30-31H,1-3,9-12H2. The fraction of sp³-hybridized carbons (Fsp3) is 0.259. The molecule has 2 aromatic carbocycles. The first-order valence-corrected chi connectivity index (χ1v) is 11.2. The average molecular weight is 420 g/mol. The van der Waals surface area contributed by atoms with Gasteiger partial charge in [0.05, 0.1) is 23.3 Å². The van der Waals surface area contributed by atoms with E-state index < -0.39 is 0 Å². The molecule has 0 atom stereocenters. The number of nitrogens with zero attached hydrogens (tertiary/aromatic N) is 3. The molecular weight excluding hydrogens is 394 g/mol. The molecule has 2 N–H and O–H groups in total. The minimum Gasteiger partial charge on any atom is -0.361 e. The van der Waals surface area contributed by atoms with Crippen LogP contribution in [0.1, 0.15) is 41.5 Å². The van der Waals surface area contributed by atoms with Crippen LogP contribution in [0.25, 0.3) is 27.4 Å². The van der Waals surface area contributed by atoms with Crippen LogP contribution in [0, 0.1) is 22.7 Å². The van der Waals surface area contributed by atoms with Crippen LogP contribution < -0.4 is 0 Å². The zero-order valence-corrected chi connectivity index (χ0v) is 18.0. The Morgan fingerprint density at radius 1 is 0.875 bits per heavy atom. The zero-order valence-electron chi connectivity index (χ0n) is 18.0. The zero-order chi connectivity index (χ0) is 21.9. The number of nitrogens with one attached hydrogen (secondary N) is 2. The Morgan fingerprint density at radius 3 is 2.31 bits per heavy atom. The van der Waals surface area contributed by atoms with E-state index in [1.807, 2.05) is 36.4 Å². The van der Waals surface area contributed by atoms with E-state index in [4.69, 9.17) is 5.26 Å². The van der Waals surface area contributed by atoms with Crippen molar-refractivity contribution in [3.63, 3.8) is 0 Å². The summed E-state index contributed by atoms with van der Waals surface area (Å²) in [6.45, 7) is 3.13. The van der Waals surface area contributed by atoms with Crippen molar-refractivity contribution in [2.75, 3.05) is 19.6 Å². The molecule has 1 aliphatic heterocycles. The van der Waals surface area contributed by atoms with Gasteiger partial charge in [0.1, 0.15) is 0 Å². The van der Waals surface area contributed by atoms with Crippen LogP contribution >= 0.6 is 0 Å². The van der Waals surface area contributed by atoms with Gasteiger partial charge >= 0.3 is 0 Å². The van der Waals surface area contributed by atoms with E-state index in [-0.39, 0.29) is 0 Å². The van der Waals surface area contributed by atoms with Crippen molar-refractivity contribution in [1.82, 2.24) is 14.9 Å². The smallest absolute Gasteiger partial charge is 0.0991 e. The number of rotatable bonds is 6. The van der Waals surface area contributed by atoms with Crippen molar-refractivity contribution < 1.29 is 0 Å². The molecule has 0 aliphatic carbocycles. The van der Waals surface area contributed by atoms with E-state index in [0.29, 0.717) is 11.1 Å². The van der Waals surface area contributed by atoms with E-state index in [0.717, 1.165) is 61.7 Å². The molecule has 5 heteroatoms. The van der Waals surface area contributed by atoms with Crippen molar-refractivity contribution in [2.45, 2.75) is 25.7 Å². The summed E-state index contributed by atoms with van der Waals surface area (Å²) in [7, 11) is 0. The summed E-state index contributed by atoms with van der Waals surface area (Å²) in [6, 6.07) is 16.1. The molecule has 0 bridgehead atoms. The number of hydrogen-bond donors (Lipinski definition) is 2. The molecule has 0 unspecified atom stereocenters. The van der Waals surface area contributed by atoms with Crippen LogP contribution in [0.2, 0.25) is 0 Å². The lowest BCUT2D eigenvalue weighted by Crippen LogP contribution is -2.29. The number of aryl methyl sites for hydroxylation is 1. The number of benzene rings is 2. The molecule has 0 saturated heterocycles. The van der Waals surface area contributed by atoms with Gasteiger partial charge in [-0.2, -0.15) is 10.5 Å². The van der Waals surface area contributed by atoms with Crippen LogP contribution in [0.15, 0.2) is 54.9 Å². The first-order valence-electron chi connectivity index (χ1n) is 11.2. The molecule has 4 aromatic rings. The average Bonchev–Trinajstić information content (AvgIpc) is 3.45. The van der Waals surface area contributed by atoms with E-state index >= 15 is 0 Å². The van der Waals surface area contributed by atoms with Crippen molar-refractivity contribution in [2.24, 2.45) is 0 Å². The monoisotopic (exact) mass is 419 g/mol. The van der Waals surface area contributed by atoms with Crippen molar-refractivity contribution in [3.8, 4) is 12.1 Å². The molecule has 158 valence electrons. The fourth-order valence-corrected chi connectivity index (χ4v) is 4.72.